The molecule has 0 radical (unpaired) electrons. The highest BCUT2D eigenvalue weighted by molar-refractivity contribution is 5.85. The molecule has 0 atom stereocenters. The molecular formula is C11H23ClN2O2. The Kier molecular flexibility index (Phi) is 9.68. The number of hydrogen-bond acceptors (Lipinski definition) is 3. The van der Waals surface area contributed by atoms with Gasteiger partial charge >= 0.3 is 0 Å². The predicted molar refractivity (Wildman–Crippen MR) is 66.8 cm³/mol. The van der Waals surface area contributed by atoms with E-state index in [0.29, 0.717) is 19.3 Å². The molecule has 1 amide bonds. The monoisotopic (exact) mass is 250 g/mol. The molecule has 0 heterocycles. The number of hydrogen-bond donors (Lipinski definition) is 2. The fourth-order valence-electron chi connectivity index (χ4n) is 1.90. The molecule has 0 spiro atoms. The van der Waals surface area contributed by atoms with Gasteiger partial charge in [-0.25, -0.2) is 0 Å². The van der Waals surface area contributed by atoms with Gasteiger partial charge in [-0.3, -0.25) is 4.79 Å². The third-order valence-electron chi connectivity index (χ3n) is 2.77. The standard InChI is InChI=1S/C11H22N2O2.ClH/c12-9-11(14)13-7-8-15-10-5-3-1-2-4-6-10;/h10H,1-9,12H2,(H,13,14);1H. The molecule has 1 aliphatic rings. The number of halogens is 1. The van der Waals surface area contributed by atoms with Crippen molar-refractivity contribution in [2.75, 3.05) is 19.7 Å². The summed E-state index contributed by atoms with van der Waals surface area (Å²) in [5, 5.41) is 2.70. The molecule has 0 aliphatic heterocycles. The minimum atomic E-state index is -0.112. The molecule has 16 heavy (non-hydrogen) atoms. The van der Waals surface area contributed by atoms with Crippen molar-refractivity contribution in [3.05, 3.63) is 0 Å². The maximum atomic E-state index is 10.8. The molecule has 0 aromatic heterocycles. The average Bonchev–Trinajstić information content (AvgIpc) is 2.52. The van der Waals surface area contributed by atoms with Crippen LogP contribution in [-0.4, -0.2) is 31.7 Å². The number of carbonyl (C=O) groups excluding carboxylic acids is 1. The van der Waals surface area contributed by atoms with Gasteiger partial charge in [0.05, 0.1) is 19.3 Å². The van der Waals surface area contributed by atoms with Gasteiger partial charge in [-0.15, -0.1) is 12.4 Å². The van der Waals surface area contributed by atoms with E-state index in [1.54, 1.807) is 0 Å². The SMILES string of the molecule is Cl.NCC(=O)NCCOC1CCCCCC1. The predicted octanol–water partition coefficient (Wildman–Crippen LogP) is 1.22. The Morgan fingerprint density at radius 2 is 1.88 bits per heavy atom. The third kappa shape index (κ3) is 7.04. The Labute approximate surface area is 104 Å². The minimum Gasteiger partial charge on any atom is -0.376 e. The molecule has 96 valence electrons. The van der Waals surface area contributed by atoms with E-state index in [2.05, 4.69) is 5.32 Å². The van der Waals surface area contributed by atoms with E-state index in [1.165, 1.54) is 38.5 Å². The molecule has 0 bridgehead atoms. The van der Waals surface area contributed by atoms with E-state index in [9.17, 15) is 4.79 Å². The molecule has 0 aromatic carbocycles. The Morgan fingerprint density at radius 3 is 2.44 bits per heavy atom. The van der Waals surface area contributed by atoms with Crippen molar-refractivity contribution >= 4 is 18.3 Å². The number of rotatable bonds is 5. The fourth-order valence-corrected chi connectivity index (χ4v) is 1.90. The summed E-state index contributed by atoms with van der Waals surface area (Å²) >= 11 is 0. The highest BCUT2D eigenvalue weighted by atomic mass is 35.5. The highest BCUT2D eigenvalue weighted by Gasteiger charge is 2.11. The molecule has 4 nitrogen and oxygen atoms in total. The second kappa shape index (κ2) is 9.87. The van der Waals surface area contributed by atoms with E-state index in [1.807, 2.05) is 0 Å². The molecule has 1 aliphatic carbocycles. The van der Waals surface area contributed by atoms with Crippen molar-refractivity contribution in [2.24, 2.45) is 5.73 Å². The zero-order chi connectivity index (χ0) is 10.9. The fraction of sp³-hybridized carbons (Fsp3) is 0.909. The summed E-state index contributed by atoms with van der Waals surface area (Å²) in [7, 11) is 0. The molecule has 0 saturated heterocycles. The van der Waals surface area contributed by atoms with Gasteiger partial charge in [-0.1, -0.05) is 25.7 Å². The summed E-state index contributed by atoms with van der Waals surface area (Å²) in [6.07, 6.45) is 7.98. The van der Waals surface area contributed by atoms with Crippen LogP contribution in [0.2, 0.25) is 0 Å². The molecule has 1 rings (SSSR count). The summed E-state index contributed by atoms with van der Waals surface area (Å²) in [5.41, 5.74) is 5.16. The first kappa shape index (κ1) is 15.7. The number of nitrogens with two attached hydrogens (primary N) is 1. The molecule has 0 aromatic rings. The quantitative estimate of drug-likeness (QED) is 0.570. The van der Waals surface area contributed by atoms with Crippen molar-refractivity contribution < 1.29 is 9.53 Å². The Bertz CT molecular complexity index is 183. The van der Waals surface area contributed by atoms with Crippen LogP contribution in [0.5, 0.6) is 0 Å². The van der Waals surface area contributed by atoms with Gasteiger partial charge < -0.3 is 15.8 Å². The first-order chi connectivity index (χ1) is 7.33. The van der Waals surface area contributed by atoms with Crippen LogP contribution < -0.4 is 11.1 Å². The van der Waals surface area contributed by atoms with Crippen LogP contribution >= 0.6 is 12.4 Å². The van der Waals surface area contributed by atoms with Crippen molar-refractivity contribution in [1.29, 1.82) is 0 Å². The Hall–Kier alpha value is -0.320. The van der Waals surface area contributed by atoms with Crippen molar-refractivity contribution in [3.8, 4) is 0 Å². The lowest BCUT2D eigenvalue weighted by molar-refractivity contribution is -0.120. The molecule has 5 heteroatoms. The van der Waals surface area contributed by atoms with Crippen molar-refractivity contribution in [2.45, 2.75) is 44.6 Å². The van der Waals surface area contributed by atoms with Gasteiger partial charge in [-0.2, -0.15) is 0 Å². The van der Waals surface area contributed by atoms with Crippen molar-refractivity contribution in [1.82, 2.24) is 5.32 Å². The van der Waals surface area contributed by atoms with Gasteiger partial charge in [0, 0.05) is 6.54 Å². The minimum absolute atomic E-state index is 0. The lowest BCUT2D eigenvalue weighted by atomic mass is 10.1. The average molecular weight is 251 g/mol. The number of nitrogens with one attached hydrogen (secondary N) is 1. The number of carbonyl (C=O) groups is 1. The third-order valence-corrected chi connectivity index (χ3v) is 2.77. The van der Waals surface area contributed by atoms with Gasteiger partial charge in [0.15, 0.2) is 0 Å². The Balaban J connectivity index is 0.00000225. The molecule has 3 N–H and O–H groups in total. The Morgan fingerprint density at radius 1 is 1.25 bits per heavy atom. The normalized spacial score (nSPS) is 17.3. The summed E-state index contributed by atoms with van der Waals surface area (Å²) in [4.78, 5) is 10.8. The van der Waals surface area contributed by atoms with Gasteiger partial charge in [0.25, 0.3) is 0 Å². The first-order valence-electron chi connectivity index (χ1n) is 5.91. The lowest BCUT2D eigenvalue weighted by Crippen LogP contribution is -2.33. The summed E-state index contributed by atoms with van der Waals surface area (Å²) in [6.45, 7) is 1.24. The van der Waals surface area contributed by atoms with Crippen LogP contribution in [0.3, 0.4) is 0 Å². The molecule has 1 fully saturated rings. The van der Waals surface area contributed by atoms with E-state index >= 15 is 0 Å². The molecule has 0 unspecified atom stereocenters. The van der Waals surface area contributed by atoms with E-state index in [4.69, 9.17) is 10.5 Å². The molecule has 1 saturated carbocycles. The van der Waals surface area contributed by atoms with Crippen molar-refractivity contribution in [3.63, 3.8) is 0 Å². The summed E-state index contributed by atoms with van der Waals surface area (Å²) < 4.78 is 5.70. The lowest BCUT2D eigenvalue weighted by Gasteiger charge is -2.15. The summed E-state index contributed by atoms with van der Waals surface area (Å²) in [6, 6.07) is 0. The van der Waals surface area contributed by atoms with E-state index in [-0.39, 0.29) is 24.9 Å². The van der Waals surface area contributed by atoms with Crippen LogP contribution in [-0.2, 0) is 9.53 Å². The van der Waals surface area contributed by atoms with Crippen LogP contribution in [0.25, 0.3) is 0 Å². The zero-order valence-corrected chi connectivity index (χ0v) is 10.6. The van der Waals surface area contributed by atoms with E-state index in [0.717, 1.165) is 0 Å². The first-order valence-corrected chi connectivity index (χ1v) is 5.91. The van der Waals surface area contributed by atoms with Gasteiger partial charge in [-0.05, 0) is 12.8 Å². The van der Waals surface area contributed by atoms with Gasteiger partial charge in [0.2, 0.25) is 5.91 Å². The highest BCUT2D eigenvalue weighted by Crippen LogP contribution is 2.19. The second-order valence-corrected chi connectivity index (χ2v) is 4.04. The maximum Gasteiger partial charge on any atom is 0.233 e. The maximum absolute atomic E-state index is 10.8. The zero-order valence-electron chi connectivity index (χ0n) is 9.74. The van der Waals surface area contributed by atoms with Crippen LogP contribution in [0.15, 0.2) is 0 Å². The largest absolute Gasteiger partial charge is 0.376 e. The molecular weight excluding hydrogens is 228 g/mol. The topological polar surface area (TPSA) is 64.4 Å². The van der Waals surface area contributed by atoms with Crippen LogP contribution in [0.1, 0.15) is 38.5 Å². The smallest absolute Gasteiger partial charge is 0.233 e. The van der Waals surface area contributed by atoms with Gasteiger partial charge in [0.1, 0.15) is 0 Å². The number of amides is 1. The second-order valence-electron chi connectivity index (χ2n) is 4.04. The van der Waals surface area contributed by atoms with Crippen LogP contribution in [0.4, 0.5) is 0 Å². The summed E-state index contributed by atoms with van der Waals surface area (Å²) in [5.74, 6) is -0.112. The van der Waals surface area contributed by atoms with Crippen LogP contribution in [0, 0.1) is 0 Å². The van der Waals surface area contributed by atoms with E-state index < -0.39 is 0 Å². The number of ether oxygens (including phenoxy) is 1.